The molecule has 0 atom stereocenters. The molecule has 24 heavy (non-hydrogen) atoms. The van der Waals surface area contributed by atoms with Crippen LogP contribution in [0, 0.1) is 6.92 Å². The van der Waals surface area contributed by atoms with Gasteiger partial charge in [0.1, 0.15) is 0 Å². The highest BCUT2D eigenvalue weighted by atomic mass is 35.5. The molecule has 7 nitrogen and oxygen atoms in total. The number of hydrogen-bond acceptors (Lipinski definition) is 6. The van der Waals surface area contributed by atoms with E-state index in [-0.39, 0.29) is 33.5 Å². The summed E-state index contributed by atoms with van der Waals surface area (Å²) in [5.41, 5.74) is 0.964. The molecule has 0 fully saturated rings. The average Bonchev–Trinajstić information content (AvgIpc) is 2.77. The Labute approximate surface area is 145 Å². The number of sulfone groups is 1. The number of carbonyl (C=O) groups excluding carboxylic acids is 1. The molecular formula is C15H17ClN2O5S. The van der Waals surface area contributed by atoms with Crippen molar-refractivity contribution in [1.82, 2.24) is 9.78 Å². The van der Waals surface area contributed by atoms with Crippen LogP contribution in [0.4, 0.5) is 0 Å². The van der Waals surface area contributed by atoms with Gasteiger partial charge in [-0.15, -0.1) is 0 Å². The van der Waals surface area contributed by atoms with Crippen molar-refractivity contribution >= 4 is 27.4 Å². The molecule has 0 unspecified atom stereocenters. The first kappa shape index (κ1) is 18.4. The van der Waals surface area contributed by atoms with Crippen molar-refractivity contribution < 1.29 is 22.7 Å². The summed E-state index contributed by atoms with van der Waals surface area (Å²) in [4.78, 5) is 12.4. The van der Waals surface area contributed by atoms with E-state index in [9.17, 15) is 13.2 Å². The van der Waals surface area contributed by atoms with E-state index in [1.807, 2.05) is 0 Å². The van der Waals surface area contributed by atoms with Crippen molar-refractivity contribution in [2.24, 2.45) is 7.05 Å². The topological polar surface area (TPSA) is 87.5 Å². The zero-order valence-corrected chi connectivity index (χ0v) is 15.2. The van der Waals surface area contributed by atoms with Gasteiger partial charge < -0.3 is 9.47 Å². The lowest BCUT2D eigenvalue weighted by atomic mass is 10.1. The molecule has 1 aromatic carbocycles. The van der Waals surface area contributed by atoms with Crippen molar-refractivity contribution in [1.29, 1.82) is 0 Å². The van der Waals surface area contributed by atoms with Gasteiger partial charge in [0.2, 0.25) is 5.88 Å². The number of halogens is 1. The van der Waals surface area contributed by atoms with Crippen LogP contribution in [0.3, 0.4) is 0 Å². The van der Waals surface area contributed by atoms with Crippen molar-refractivity contribution in [3.8, 4) is 5.88 Å². The monoisotopic (exact) mass is 372 g/mol. The Hall–Kier alpha value is -1.90. The predicted octanol–water partition coefficient (Wildman–Crippen LogP) is 2.15. The number of methoxy groups -OCH3 is 1. The third-order valence-electron chi connectivity index (χ3n) is 3.26. The first-order valence-electron chi connectivity index (χ1n) is 6.88. The predicted molar refractivity (Wildman–Crippen MR) is 88.2 cm³/mol. The minimum absolute atomic E-state index is 0.0105. The molecule has 0 saturated heterocycles. The summed E-state index contributed by atoms with van der Waals surface area (Å²) in [6.45, 7) is 1.72. The molecule has 0 spiro atoms. The number of hydrogen-bond donors (Lipinski definition) is 0. The van der Waals surface area contributed by atoms with Gasteiger partial charge >= 0.3 is 5.97 Å². The Morgan fingerprint density at radius 2 is 2.04 bits per heavy atom. The van der Waals surface area contributed by atoms with Crippen LogP contribution in [-0.2, 0) is 28.2 Å². The number of rotatable bonds is 5. The molecule has 1 heterocycles. The Balaban J connectivity index is 2.45. The Bertz CT molecular complexity index is 890. The first-order valence-corrected chi connectivity index (χ1v) is 9.15. The van der Waals surface area contributed by atoms with Crippen LogP contribution in [0.15, 0.2) is 23.1 Å². The normalized spacial score (nSPS) is 11.5. The van der Waals surface area contributed by atoms with Gasteiger partial charge in [-0.05, 0) is 19.1 Å². The van der Waals surface area contributed by atoms with Crippen LogP contribution >= 0.6 is 11.6 Å². The second-order valence-electron chi connectivity index (χ2n) is 5.25. The first-order chi connectivity index (χ1) is 11.1. The fourth-order valence-corrected chi connectivity index (χ4v) is 3.50. The third kappa shape index (κ3) is 3.77. The number of aromatic nitrogens is 2. The van der Waals surface area contributed by atoms with Gasteiger partial charge in [0.15, 0.2) is 9.84 Å². The van der Waals surface area contributed by atoms with Crippen LogP contribution in [-0.4, -0.2) is 37.5 Å². The van der Waals surface area contributed by atoms with E-state index in [4.69, 9.17) is 21.1 Å². The molecular weight excluding hydrogens is 356 g/mol. The standard InChI is InChI=1S/C15H17ClN2O5S/c1-9-7-13(18(2)17-9)23-15(19)10-5-6-12(24(4,20)21)11(8-22-3)14(10)16/h5-7H,8H2,1-4H3. The molecule has 0 radical (unpaired) electrons. The Morgan fingerprint density at radius 3 is 2.54 bits per heavy atom. The highest BCUT2D eigenvalue weighted by Gasteiger charge is 2.23. The van der Waals surface area contributed by atoms with Gasteiger partial charge in [-0.3, -0.25) is 0 Å². The molecule has 2 aromatic rings. The van der Waals surface area contributed by atoms with E-state index in [2.05, 4.69) is 5.10 Å². The zero-order valence-electron chi connectivity index (χ0n) is 13.7. The van der Waals surface area contributed by atoms with Crippen molar-refractivity contribution in [3.63, 3.8) is 0 Å². The van der Waals surface area contributed by atoms with Gasteiger partial charge in [-0.25, -0.2) is 17.9 Å². The summed E-state index contributed by atoms with van der Waals surface area (Å²) in [5.74, 6) is -0.450. The van der Waals surface area contributed by atoms with Gasteiger partial charge in [0.05, 0.1) is 27.8 Å². The lowest BCUT2D eigenvalue weighted by Gasteiger charge is -2.13. The van der Waals surface area contributed by atoms with Crippen LogP contribution in [0.25, 0.3) is 0 Å². The second-order valence-corrected chi connectivity index (χ2v) is 7.61. The van der Waals surface area contributed by atoms with Crippen LogP contribution < -0.4 is 4.74 Å². The van der Waals surface area contributed by atoms with Crippen molar-refractivity contribution in [2.75, 3.05) is 13.4 Å². The summed E-state index contributed by atoms with van der Waals surface area (Å²) >= 11 is 6.24. The molecule has 0 aliphatic rings. The Kier molecular flexibility index (Phi) is 5.32. The quantitative estimate of drug-likeness (QED) is 0.747. The number of esters is 1. The van der Waals surface area contributed by atoms with Crippen molar-refractivity contribution in [3.05, 3.63) is 40.0 Å². The maximum Gasteiger partial charge on any atom is 0.346 e. The lowest BCUT2D eigenvalue weighted by Crippen LogP contribution is -2.14. The highest BCUT2D eigenvalue weighted by Crippen LogP contribution is 2.29. The maximum atomic E-state index is 12.4. The second kappa shape index (κ2) is 6.92. The number of aryl methyl sites for hydroxylation is 2. The van der Waals surface area contributed by atoms with Gasteiger partial charge in [-0.2, -0.15) is 5.10 Å². The zero-order chi connectivity index (χ0) is 18.1. The summed E-state index contributed by atoms with van der Waals surface area (Å²) < 4.78 is 35.4. The van der Waals surface area contributed by atoms with E-state index in [0.29, 0.717) is 5.69 Å². The van der Waals surface area contributed by atoms with E-state index < -0.39 is 15.8 Å². The molecule has 9 heteroatoms. The SMILES string of the molecule is COCc1c(S(C)(=O)=O)ccc(C(=O)Oc2cc(C)nn2C)c1Cl. The number of carbonyl (C=O) groups is 1. The van der Waals surface area contributed by atoms with E-state index in [1.54, 1.807) is 20.0 Å². The van der Waals surface area contributed by atoms with Crippen LogP contribution in [0.5, 0.6) is 5.88 Å². The Morgan fingerprint density at radius 1 is 1.38 bits per heavy atom. The number of benzene rings is 1. The van der Waals surface area contributed by atoms with Crippen LogP contribution in [0.2, 0.25) is 5.02 Å². The summed E-state index contributed by atoms with van der Waals surface area (Å²) in [7, 11) is -0.466. The molecule has 1 aromatic heterocycles. The maximum absolute atomic E-state index is 12.4. The fraction of sp³-hybridized carbons (Fsp3) is 0.333. The molecule has 0 aliphatic carbocycles. The summed E-state index contributed by atoms with van der Waals surface area (Å²) in [6.07, 6.45) is 1.06. The number of nitrogens with zero attached hydrogens (tertiary/aromatic N) is 2. The van der Waals surface area contributed by atoms with E-state index in [0.717, 1.165) is 6.26 Å². The smallest absolute Gasteiger partial charge is 0.346 e. The molecule has 0 N–H and O–H groups in total. The summed E-state index contributed by atoms with van der Waals surface area (Å²) in [6, 6.07) is 4.25. The van der Waals surface area contributed by atoms with Crippen molar-refractivity contribution in [2.45, 2.75) is 18.4 Å². The highest BCUT2D eigenvalue weighted by molar-refractivity contribution is 7.90. The molecule has 0 bridgehead atoms. The minimum atomic E-state index is -3.51. The minimum Gasteiger partial charge on any atom is -0.404 e. The van der Waals surface area contributed by atoms with E-state index in [1.165, 1.54) is 23.9 Å². The largest absolute Gasteiger partial charge is 0.404 e. The molecule has 0 amide bonds. The van der Waals surface area contributed by atoms with E-state index >= 15 is 0 Å². The molecule has 130 valence electrons. The fourth-order valence-electron chi connectivity index (χ4n) is 2.22. The lowest BCUT2D eigenvalue weighted by molar-refractivity contribution is 0.0720. The third-order valence-corrected chi connectivity index (χ3v) is 4.88. The molecule has 0 saturated carbocycles. The molecule has 2 rings (SSSR count). The summed E-state index contributed by atoms with van der Waals surface area (Å²) in [5, 5.41) is 4.07. The van der Waals surface area contributed by atoms with Crippen LogP contribution in [0.1, 0.15) is 21.6 Å². The van der Waals surface area contributed by atoms with Gasteiger partial charge in [0, 0.05) is 32.0 Å². The van der Waals surface area contributed by atoms with Gasteiger partial charge in [0.25, 0.3) is 0 Å². The van der Waals surface area contributed by atoms with Gasteiger partial charge in [-0.1, -0.05) is 11.6 Å². The number of ether oxygens (including phenoxy) is 2. The molecule has 0 aliphatic heterocycles. The average molecular weight is 373 g/mol.